The largest absolute Gasteiger partial charge is 0.494 e. The van der Waals surface area contributed by atoms with Crippen LogP contribution in [0.2, 0.25) is 0 Å². The molecule has 0 radical (unpaired) electrons. The van der Waals surface area contributed by atoms with Crippen LogP contribution in [0.1, 0.15) is 21.5 Å². The van der Waals surface area contributed by atoms with Crippen molar-refractivity contribution in [2.24, 2.45) is 0 Å². The van der Waals surface area contributed by atoms with Gasteiger partial charge < -0.3 is 4.74 Å². The Bertz CT molecular complexity index is 631. The van der Waals surface area contributed by atoms with E-state index in [2.05, 4.69) is 0 Å². The lowest BCUT2D eigenvalue weighted by Crippen LogP contribution is -2.06. The van der Waals surface area contributed by atoms with E-state index in [0.717, 1.165) is 6.07 Å². The maximum atomic E-state index is 14.0. The number of Topliss-reactive ketones (excluding diaryl/α,β-unsaturated/α-hetero) is 1. The van der Waals surface area contributed by atoms with Crippen molar-refractivity contribution in [3.8, 4) is 5.75 Å². The molecule has 104 valence electrons. The summed E-state index contributed by atoms with van der Waals surface area (Å²) >= 11 is 0. The number of carbonyl (C=O) groups excluding carboxylic acids is 1. The highest BCUT2D eigenvalue weighted by molar-refractivity contribution is 5.97. The standard InChI is InChI=1S/C16H14F2O2/c1-10-6-12(8-13(17)7-10)14(19)9-11-4-3-5-15(20-2)16(11)18/h3-8H,9H2,1-2H3. The van der Waals surface area contributed by atoms with Gasteiger partial charge in [-0.2, -0.15) is 0 Å². The lowest BCUT2D eigenvalue weighted by atomic mass is 10.0. The van der Waals surface area contributed by atoms with Crippen LogP contribution in [-0.4, -0.2) is 12.9 Å². The molecule has 0 aromatic heterocycles. The van der Waals surface area contributed by atoms with Gasteiger partial charge in [0, 0.05) is 12.0 Å². The molecule has 0 heterocycles. The molecule has 2 rings (SSSR count). The fraction of sp³-hybridized carbons (Fsp3) is 0.188. The first-order valence-corrected chi connectivity index (χ1v) is 6.13. The number of ketones is 1. The van der Waals surface area contributed by atoms with Crippen LogP contribution >= 0.6 is 0 Å². The molecule has 0 spiro atoms. The van der Waals surface area contributed by atoms with Crippen LogP contribution in [0, 0.1) is 18.6 Å². The maximum absolute atomic E-state index is 14.0. The van der Waals surface area contributed by atoms with Crippen molar-refractivity contribution in [3.05, 3.63) is 64.7 Å². The molecular formula is C16H14F2O2. The summed E-state index contributed by atoms with van der Waals surface area (Å²) < 4.78 is 32.1. The molecule has 0 saturated heterocycles. The minimum absolute atomic E-state index is 0.0886. The Morgan fingerprint density at radius 1 is 1.20 bits per heavy atom. The van der Waals surface area contributed by atoms with E-state index in [1.54, 1.807) is 19.1 Å². The predicted octanol–water partition coefficient (Wildman–Crippen LogP) is 3.71. The number of carbonyl (C=O) groups is 1. The summed E-state index contributed by atoms with van der Waals surface area (Å²) in [6, 6.07) is 8.69. The Morgan fingerprint density at radius 3 is 2.60 bits per heavy atom. The SMILES string of the molecule is COc1cccc(CC(=O)c2cc(C)cc(F)c2)c1F. The maximum Gasteiger partial charge on any atom is 0.168 e. The van der Waals surface area contributed by atoms with Gasteiger partial charge in [-0.25, -0.2) is 8.78 Å². The number of hydrogen-bond acceptors (Lipinski definition) is 2. The Balaban J connectivity index is 2.28. The van der Waals surface area contributed by atoms with Crippen LogP contribution in [0.4, 0.5) is 8.78 Å². The fourth-order valence-electron chi connectivity index (χ4n) is 2.02. The number of benzene rings is 2. The van der Waals surface area contributed by atoms with Crippen LogP contribution in [0.15, 0.2) is 36.4 Å². The van der Waals surface area contributed by atoms with Crippen molar-refractivity contribution in [3.63, 3.8) is 0 Å². The molecule has 0 saturated carbocycles. The third-order valence-electron chi connectivity index (χ3n) is 2.98. The quantitative estimate of drug-likeness (QED) is 0.796. The molecule has 2 aromatic rings. The number of methoxy groups -OCH3 is 1. The normalized spacial score (nSPS) is 10.4. The monoisotopic (exact) mass is 276 g/mol. The average Bonchev–Trinajstić information content (AvgIpc) is 2.40. The van der Waals surface area contributed by atoms with Gasteiger partial charge >= 0.3 is 0 Å². The summed E-state index contributed by atoms with van der Waals surface area (Å²) in [5.74, 6) is -1.28. The van der Waals surface area contributed by atoms with Gasteiger partial charge in [-0.3, -0.25) is 4.79 Å². The zero-order valence-corrected chi connectivity index (χ0v) is 11.2. The first-order valence-electron chi connectivity index (χ1n) is 6.13. The van der Waals surface area contributed by atoms with Crippen molar-refractivity contribution < 1.29 is 18.3 Å². The topological polar surface area (TPSA) is 26.3 Å². The van der Waals surface area contributed by atoms with Crippen molar-refractivity contribution in [1.82, 2.24) is 0 Å². The molecule has 4 heteroatoms. The molecule has 0 aliphatic rings. The highest BCUT2D eigenvalue weighted by Gasteiger charge is 2.14. The predicted molar refractivity (Wildman–Crippen MR) is 72.1 cm³/mol. The van der Waals surface area contributed by atoms with E-state index in [0.29, 0.717) is 5.56 Å². The number of halogens is 2. The van der Waals surface area contributed by atoms with Gasteiger partial charge in [0.25, 0.3) is 0 Å². The minimum atomic E-state index is -0.559. The van der Waals surface area contributed by atoms with E-state index in [1.807, 2.05) is 0 Å². The smallest absolute Gasteiger partial charge is 0.168 e. The van der Waals surface area contributed by atoms with E-state index in [9.17, 15) is 13.6 Å². The van der Waals surface area contributed by atoms with E-state index in [4.69, 9.17) is 4.74 Å². The molecule has 0 amide bonds. The van der Waals surface area contributed by atoms with Gasteiger partial charge in [-0.1, -0.05) is 12.1 Å². The highest BCUT2D eigenvalue weighted by atomic mass is 19.1. The summed E-state index contributed by atoms with van der Waals surface area (Å²) in [5, 5.41) is 0. The second kappa shape index (κ2) is 5.82. The Morgan fingerprint density at radius 2 is 1.95 bits per heavy atom. The molecule has 0 aliphatic carbocycles. The molecular weight excluding hydrogens is 262 g/mol. The van der Waals surface area contributed by atoms with Gasteiger partial charge in [0.2, 0.25) is 0 Å². The van der Waals surface area contributed by atoms with Crippen molar-refractivity contribution in [2.75, 3.05) is 7.11 Å². The number of ether oxygens (including phenoxy) is 1. The van der Waals surface area contributed by atoms with E-state index in [1.165, 1.54) is 25.3 Å². The molecule has 2 nitrogen and oxygen atoms in total. The summed E-state index contributed by atoms with van der Waals surface area (Å²) in [7, 11) is 1.36. The summed E-state index contributed by atoms with van der Waals surface area (Å²) in [6.45, 7) is 1.70. The van der Waals surface area contributed by atoms with E-state index < -0.39 is 11.6 Å². The Kier molecular flexibility index (Phi) is 4.13. The molecule has 2 aromatic carbocycles. The van der Waals surface area contributed by atoms with Crippen LogP contribution in [0.5, 0.6) is 5.75 Å². The molecule has 0 fully saturated rings. The summed E-state index contributed by atoms with van der Waals surface area (Å²) in [6.07, 6.45) is -0.133. The third-order valence-corrected chi connectivity index (χ3v) is 2.98. The van der Waals surface area contributed by atoms with Gasteiger partial charge in [0.05, 0.1) is 7.11 Å². The third kappa shape index (κ3) is 3.02. The van der Waals surface area contributed by atoms with Gasteiger partial charge in [-0.05, 0) is 42.3 Å². The van der Waals surface area contributed by atoms with Gasteiger partial charge in [-0.15, -0.1) is 0 Å². The zero-order valence-electron chi connectivity index (χ0n) is 11.2. The average molecular weight is 276 g/mol. The molecule has 0 aliphatic heterocycles. The first-order chi connectivity index (χ1) is 9.51. The second-order valence-electron chi connectivity index (χ2n) is 4.55. The van der Waals surface area contributed by atoms with Gasteiger partial charge in [0.15, 0.2) is 17.3 Å². The number of rotatable bonds is 4. The zero-order chi connectivity index (χ0) is 14.7. The Hall–Kier alpha value is -2.23. The van der Waals surface area contributed by atoms with Crippen LogP contribution in [0.3, 0.4) is 0 Å². The van der Waals surface area contributed by atoms with E-state index >= 15 is 0 Å². The molecule has 0 bridgehead atoms. The van der Waals surface area contributed by atoms with Crippen molar-refractivity contribution >= 4 is 5.78 Å². The lowest BCUT2D eigenvalue weighted by Gasteiger charge is -2.07. The minimum Gasteiger partial charge on any atom is -0.494 e. The number of hydrogen-bond donors (Lipinski definition) is 0. The van der Waals surface area contributed by atoms with Crippen molar-refractivity contribution in [2.45, 2.75) is 13.3 Å². The fourth-order valence-corrected chi connectivity index (χ4v) is 2.02. The number of aryl methyl sites for hydroxylation is 1. The Labute approximate surface area is 116 Å². The van der Waals surface area contributed by atoms with Gasteiger partial charge in [0.1, 0.15) is 5.82 Å². The summed E-state index contributed by atoms with van der Waals surface area (Å²) in [4.78, 5) is 12.1. The summed E-state index contributed by atoms with van der Waals surface area (Å²) in [5.41, 5.74) is 1.13. The molecule has 0 atom stereocenters. The van der Waals surface area contributed by atoms with Crippen LogP contribution < -0.4 is 4.74 Å². The second-order valence-corrected chi connectivity index (χ2v) is 4.55. The van der Waals surface area contributed by atoms with Crippen LogP contribution in [0.25, 0.3) is 0 Å². The van der Waals surface area contributed by atoms with Crippen molar-refractivity contribution in [1.29, 1.82) is 0 Å². The molecule has 0 unspecified atom stereocenters. The molecule has 20 heavy (non-hydrogen) atoms. The highest BCUT2D eigenvalue weighted by Crippen LogP contribution is 2.21. The first kappa shape index (κ1) is 14.2. The molecule has 0 N–H and O–H groups in total. The van der Waals surface area contributed by atoms with Crippen LogP contribution in [-0.2, 0) is 6.42 Å². The lowest BCUT2D eigenvalue weighted by molar-refractivity contribution is 0.0991. The van der Waals surface area contributed by atoms with E-state index in [-0.39, 0.29) is 29.1 Å².